The molecule has 0 bridgehead atoms. The normalized spacial score (nSPS) is 29.4. The molecule has 3 rings (SSSR count). The molecular weight excluding hydrogens is 382 g/mol. The third-order valence-corrected chi connectivity index (χ3v) is 6.42. The van der Waals surface area contributed by atoms with E-state index in [0.29, 0.717) is 37.1 Å². The van der Waals surface area contributed by atoms with Crippen LogP contribution < -0.4 is 0 Å². The standard InChI is InChI=1S/C22H33N5O3/c1-3-4-6-14(2)18(28)10-9-16-17-11-20(30-21(17)12-19(16)29)15(13-23)7-5-8-22-24-26-27-25-22/h9-10,14,16-19,21,28-29H,3-8,11-12H2,1-2H3,(H,24,25,26,27)/b10-9+,20-15+/t14?,16-,17-,18-,19-,21+/m1/s1. The van der Waals surface area contributed by atoms with E-state index in [2.05, 4.69) is 40.5 Å². The minimum Gasteiger partial charge on any atom is -0.493 e. The predicted octanol–water partition coefficient (Wildman–Crippen LogP) is 2.83. The molecule has 164 valence electrons. The Morgan fingerprint density at radius 2 is 2.27 bits per heavy atom. The number of aromatic nitrogens is 4. The molecule has 0 amide bonds. The minimum absolute atomic E-state index is 0.0557. The number of allylic oxidation sites excluding steroid dienone is 2. The second kappa shape index (κ2) is 10.7. The molecule has 1 saturated carbocycles. The molecule has 0 radical (unpaired) electrons. The highest BCUT2D eigenvalue weighted by atomic mass is 16.5. The van der Waals surface area contributed by atoms with Crippen molar-refractivity contribution >= 4 is 0 Å². The highest BCUT2D eigenvalue weighted by Crippen LogP contribution is 2.46. The molecule has 3 N–H and O–H groups in total. The maximum atomic E-state index is 10.5. The number of nitrogens with zero attached hydrogens (tertiary/aromatic N) is 4. The maximum absolute atomic E-state index is 10.5. The van der Waals surface area contributed by atoms with Gasteiger partial charge < -0.3 is 14.9 Å². The summed E-state index contributed by atoms with van der Waals surface area (Å²) in [4.78, 5) is 0. The van der Waals surface area contributed by atoms with Gasteiger partial charge >= 0.3 is 0 Å². The lowest BCUT2D eigenvalue weighted by atomic mass is 9.89. The van der Waals surface area contributed by atoms with E-state index in [1.54, 1.807) is 0 Å². The topological polar surface area (TPSA) is 128 Å². The average molecular weight is 416 g/mol. The number of unbranched alkanes of at least 4 members (excludes halogenated alkanes) is 1. The van der Waals surface area contributed by atoms with Gasteiger partial charge in [0.2, 0.25) is 0 Å². The van der Waals surface area contributed by atoms with Gasteiger partial charge in [-0.3, -0.25) is 0 Å². The maximum Gasteiger partial charge on any atom is 0.174 e. The van der Waals surface area contributed by atoms with Crippen molar-refractivity contribution in [2.75, 3.05) is 0 Å². The first-order chi connectivity index (χ1) is 14.5. The van der Waals surface area contributed by atoms with Crippen LogP contribution in [0.4, 0.5) is 0 Å². The molecule has 30 heavy (non-hydrogen) atoms. The lowest BCUT2D eigenvalue weighted by Crippen LogP contribution is -2.20. The molecule has 0 spiro atoms. The van der Waals surface area contributed by atoms with Crippen molar-refractivity contribution in [3.63, 3.8) is 0 Å². The molecule has 2 fully saturated rings. The second-order valence-electron chi connectivity index (χ2n) is 8.59. The van der Waals surface area contributed by atoms with Gasteiger partial charge in [-0.1, -0.05) is 44.1 Å². The van der Waals surface area contributed by atoms with Gasteiger partial charge in [0.1, 0.15) is 11.9 Å². The third kappa shape index (κ3) is 5.46. The zero-order valence-electron chi connectivity index (χ0n) is 17.9. The first-order valence-electron chi connectivity index (χ1n) is 11.1. The number of hydrogen-bond donors (Lipinski definition) is 3. The largest absolute Gasteiger partial charge is 0.493 e. The van der Waals surface area contributed by atoms with Crippen LogP contribution >= 0.6 is 0 Å². The number of hydrogen-bond acceptors (Lipinski definition) is 7. The summed E-state index contributed by atoms with van der Waals surface area (Å²) in [6.07, 6.45) is 9.21. The van der Waals surface area contributed by atoms with Crippen LogP contribution in [0.25, 0.3) is 0 Å². The van der Waals surface area contributed by atoms with E-state index >= 15 is 0 Å². The van der Waals surface area contributed by atoms with Crippen molar-refractivity contribution < 1.29 is 14.9 Å². The molecule has 6 atom stereocenters. The summed E-state index contributed by atoms with van der Waals surface area (Å²) in [6.45, 7) is 4.21. The van der Waals surface area contributed by atoms with Crippen molar-refractivity contribution in [2.45, 2.75) is 83.5 Å². The fraction of sp³-hybridized carbons (Fsp3) is 0.727. The molecule has 8 nitrogen and oxygen atoms in total. The van der Waals surface area contributed by atoms with Gasteiger partial charge in [-0.05, 0) is 25.2 Å². The lowest BCUT2D eigenvalue weighted by molar-refractivity contribution is 0.110. The Kier molecular flexibility index (Phi) is 8.00. The van der Waals surface area contributed by atoms with E-state index in [4.69, 9.17) is 4.74 Å². The molecule has 1 aromatic heterocycles. The number of nitrogens with one attached hydrogen (secondary N) is 1. The van der Waals surface area contributed by atoms with Gasteiger partial charge in [0.05, 0.1) is 23.9 Å². The van der Waals surface area contributed by atoms with Crippen LogP contribution in [0, 0.1) is 29.1 Å². The lowest BCUT2D eigenvalue weighted by Gasteiger charge is -2.18. The molecule has 1 aliphatic heterocycles. The van der Waals surface area contributed by atoms with E-state index < -0.39 is 12.2 Å². The number of H-pyrrole nitrogens is 1. The molecular formula is C22H33N5O3. The molecule has 1 aromatic rings. The number of ether oxygens (including phenoxy) is 1. The van der Waals surface area contributed by atoms with Crippen molar-refractivity contribution in [3.8, 4) is 6.07 Å². The van der Waals surface area contributed by atoms with Crippen molar-refractivity contribution in [1.82, 2.24) is 20.6 Å². The van der Waals surface area contributed by atoms with E-state index in [-0.39, 0.29) is 23.9 Å². The van der Waals surface area contributed by atoms with E-state index in [1.165, 1.54) is 0 Å². The van der Waals surface area contributed by atoms with E-state index in [0.717, 1.165) is 31.4 Å². The minimum atomic E-state index is -0.500. The number of aliphatic hydroxyl groups excluding tert-OH is 2. The smallest absolute Gasteiger partial charge is 0.174 e. The van der Waals surface area contributed by atoms with E-state index in [9.17, 15) is 15.5 Å². The van der Waals surface area contributed by atoms with Crippen LogP contribution in [-0.4, -0.2) is 49.1 Å². The number of rotatable bonds is 10. The fourth-order valence-electron chi connectivity index (χ4n) is 4.51. The van der Waals surface area contributed by atoms with Gasteiger partial charge in [0.15, 0.2) is 5.82 Å². The Hall–Kier alpha value is -2.24. The SMILES string of the molecule is CCCCC(C)[C@H](O)/C=C/[C@@H]1[C@H]2C/C(=C(\C#N)CCCc3nn[nH]n3)O[C@H]2C[C@H]1O. The van der Waals surface area contributed by atoms with Crippen LogP contribution in [0.15, 0.2) is 23.5 Å². The summed E-state index contributed by atoms with van der Waals surface area (Å²) < 4.78 is 6.09. The van der Waals surface area contributed by atoms with Crippen LogP contribution in [0.1, 0.15) is 64.6 Å². The van der Waals surface area contributed by atoms with Crippen LogP contribution in [0.5, 0.6) is 0 Å². The summed E-state index contributed by atoms with van der Waals surface area (Å²) in [7, 11) is 0. The molecule has 1 unspecified atom stereocenters. The highest BCUT2D eigenvalue weighted by Gasteiger charge is 2.47. The van der Waals surface area contributed by atoms with Gasteiger partial charge in [0.25, 0.3) is 0 Å². The van der Waals surface area contributed by atoms with Crippen LogP contribution in [0.3, 0.4) is 0 Å². The van der Waals surface area contributed by atoms with Gasteiger partial charge in [-0.15, -0.1) is 10.2 Å². The summed E-state index contributed by atoms with van der Waals surface area (Å²) in [5, 5.41) is 44.3. The average Bonchev–Trinajstić information content (AvgIpc) is 3.45. The Labute approximate surface area is 178 Å². The van der Waals surface area contributed by atoms with Gasteiger partial charge in [-0.25, -0.2) is 0 Å². The quantitative estimate of drug-likeness (QED) is 0.396. The number of tetrazole rings is 1. The summed E-state index contributed by atoms with van der Waals surface area (Å²) in [5.41, 5.74) is 0.665. The zero-order valence-corrected chi connectivity index (χ0v) is 17.9. The Morgan fingerprint density at radius 3 is 2.97 bits per heavy atom. The summed E-state index contributed by atoms with van der Waals surface area (Å²) >= 11 is 0. The zero-order chi connectivity index (χ0) is 21.5. The molecule has 1 saturated heterocycles. The molecule has 1 aliphatic carbocycles. The van der Waals surface area contributed by atoms with Gasteiger partial charge in [-0.2, -0.15) is 10.5 Å². The molecule has 2 aliphatic rings. The van der Waals surface area contributed by atoms with Crippen LogP contribution in [0.2, 0.25) is 0 Å². The highest BCUT2D eigenvalue weighted by molar-refractivity contribution is 5.28. The molecule has 2 heterocycles. The predicted molar refractivity (Wildman–Crippen MR) is 111 cm³/mol. The monoisotopic (exact) mass is 415 g/mol. The van der Waals surface area contributed by atoms with Crippen LogP contribution in [-0.2, 0) is 11.2 Å². The first-order valence-corrected chi connectivity index (χ1v) is 11.1. The molecule has 8 heteroatoms. The van der Waals surface area contributed by atoms with Crippen molar-refractivity contribution in [1.29, 1.82) is 5.26 Å². The number of nitriles is 1. The Morgan fingerprint density at radius 1 is 1.43 bits per heavy atom. The van der Waals surface area contributed by atoms with Crippen molar-refractivity contribution in [3.05, 3.63) is 29.3 Å². The summed E-state index contributed by atoms with van der Waals surface area (Å²) in [5.74, 6) is 1.68. The molecule has 0 aromatic carbocycles. The fourth-order valence-corrected chi connectivity index (χ4v) is 4.51. The number of aromatic amines is 1. The number of fused-ring (bicyclic) bond motifs is 1. The number of aryl methyl sites for hydroxylation is 1. The van der Waals surface area contributed by atoms with E-state index in [1.807, 2.05) is 12.2 Å². The first kappa shape index (κ1) is 22.4. The van der Waals surface area contributed by atoms with Crippen molar-refractivity contribution in [2.24, 2.45) is 17.8 Å². The Bertz CT molecular complexity index is 770. The second-order valence-corrected chi connectivity index (χ2v) is 8.59. The number of aliphatic hydroxyl groups is 2. The van der Waals surface area contributed by atoms with Gasteiger partial charge in [0, 0.05) is 31.1 Å². The summed E-state index contributed by atoms with van der Waals surface area (Å²) in [6, 6.07) is 2.29. The third-order valence-electron chi connectivity index (χ3n) is 6.42. The Balaban J connectivity index is 1.59.